The average Bonchev–Trinajstić information content (AvgIpc) is 2.51. The van der Waals surface area contributed by atoms with E-state index in [9.17, 15) is 18.0 Å². The lowest BCUT2D eigenvalue weighted by atomic mass is 10.2. The second-order valence-electron chi connectivity index (χ2n) is 4.60. The number of likely N-dealkylation sites (N-methyl/N-ethyl adjacent to an activating group) is 1. The Bertz CT molecular complexity index is 734. The molecule has 1 rings (SSSR count). The smallest absolute Gasteiger partial charge is 0.321 e. The lowest BCUT2D eigenvalue weighted by molar-refractivity contribution is -0.140. The molecule has 0 aliphatic carbocycles. The van der Waals surface area contributed by atoms with Gasteiger partial charge in [0.25, 0.3) is 5.91 Å². The van der Waals surface area contributed by atoms with E-state index >= 15 is 0 Å². The Kier molecular flexibility index (Phi) is 5.98. The molecule has 0 bridgehead atoms. The van der Waals surface area contributed by atoms with Crippen LogP contribution >= 0.6 is 11.6 Å². The van der Waals surface area contributed by atoms with Crippen molar-refractivity contribution >= 4 is 33.5 Å². The molecule has 23 heavy (non-hydrogen) atoms. The average molecular weight is 365 g/mol. The summed E-state index contributed by atoms with van der Waals surface area (Å²) >= 11 is 5.90. The van der Waals surface area contributed by atoms with Crippen LogP contribution < -0.4 is 10.1 Å². The fourth-order valence-corrected chi connectivity index (χ4v) is 3.60. The molecule has 1 atom stereocenters. The van der Waals surface area contributed by atoms with Crippen molar-refractivity contribution in [3.8, 4) is 5.75 Å². The van der Waals surface area contributed by atoms with Crippen molar-refractivity contribution < 1.29 is 27.9 Å². The summed E-state index contributed by atoms with van der Waals surface area (Å²) in [5, 5.41) is 11.3. The second-order valence-corrected chi connectivity index (χ2v) is 7.00. The van der Waals surface area contributed by atoms with E-state index in [-0.39, 0.29) is 21.2 Å². The van der Waals surface area contributed by atoms with Crippen LogP contribution in [0.5, 0.6) is 5.75 Å². The number of hydrogen-bond donors (Lipinski definition) is 2. The van der Waals surface area contributed by atoms with Gasteiger partial charge in [-0.3, -0.25) is 9.59 Å². The van der Waals surface area contributed by atoms with Crippen LogP contribution in [0.1, 0.15) is 17.3 Å². The van der Waals surface area contributed by atoms with Crippen molar-refractivity contribution in [2.24, 2.45) is 0 Å². The third-order valence-electron chi connectivity index (χ3n) is 3.26. The van der Waals surface area contributed by atoms with Crippen LogP contribution in [-0.2, 0) is 14.8 Å². The molecule has 0 saturated heterocycles. The lowest BCUT2D eigenvalue weighted by Crippen LogP contribution is -2.40. The highest BCUT2D eigenvalue weighted by Crippen LogP contribution is 2.33. The predicted molar refractivity (Wildman–Crippen MR) is 83.4 cm³/mol. The third-order valence-corrected chi connectivity index (χ3v) is 5.41. The van der Waals surface area contributed by atoms with E-state index in [0.29, 0.717) is 4.31 Å². The maximum Gasteiger partial charge on any atom is 0.321 e. The number of carbonyl (C=O) groups excluding carboxylic acids is 1. The number of benzene rings is 1. The lowest BCUT2D eigenvalue weighted by Gasteiger charge is -2.23. The minimum absolute atomic E-state index is 0.000599. The van der Waals surface area contributed by atoms with E-state index in [1.165, 1.54) is 27.1 Å². The highest BCUT2D eigenvalue weighted by Gasteiger charge is 2.33. The summed E-state index contributed by atoms with van der Waals surface area (Å²) in [6.45, 7) is 1.22. The normalized spacial score (nSPS) is 12.8. The van der Waals surface area contributed by atoms with E-state index in [2.05, 4.69) is 5.32 Å². The van der Waals surface area contributed by atoms with Crippen molar-refractivity contribution in [3.63, 3.8) is 0 Å². The quantitative estimate of drug-likeness (QED) is 0.772. The molecule has 0 saturated carbocycles. The second kappa shape index (κ2) is 7.16. The first-order valence-corrected chi connectivity index (χ1v) is 8.20. The van der Waals surface area contributed by atoms with Crippen molar-refractivity contribution in [1.82, 2.24) is 9.62 Å². The number of nitrogens with zero attached hydrogens (tertiary/aromatic N) is 1. The predicted octanol–water partition coefficient (Wildman–Crippen LogP) is 0.802. The van der Waals surface area contributed by atoms with E-state index in [0.717, 1.165) is 13.1 Å². The molecule has 8 nitrogen and oxygen atoms in total. The molecule has 2 N–H and O–H groups in total. The Labute approximate surface area is 139 Å². The van der Waals surface area contributed by atoms with Gasteiger partial charge in [0, 0.05) is 19.1 Å². The van der Waals surface area contributed by atoms with Gasteiger partial charge in [-0.25, -0.2) is 8.42 Å². The highest BCUT2D eigenvalue weighted by atomic mass is 35.5. The van der Waals surface area contributed by atoms with Crippen LogP contribution in [-0.4, -0.2) is 57.0 Å². The summed E-state index contributed by atoms with van der Waals surface area (Å²) < 4.78 is 31.1. The summed E-state index contributed by atoms with van der Waals surface area (Å²) in [7, 11) is -0.556. The number of amides is 1. The van der Waals surface area contributed by atoms with Crippen LogP contribution in [0, 0.1) is 0 Å². The van der Waals surface area contributed by atoms with Gasteiger partial charge in [-0.2, -0.15) is 4.31 Å². The first kappa shape index (κ1) is 19.2. The SMILES string of the molecule is CNC(=O)c1cc(Cl)cc(S(=O)(=O)N(C)C(C)C(=O)O)c1OC. The molecule has 10 heteroatoms. The number of methoxy groups -OCH3 is 1. The molecule has 0 radical (unpaired) electrons. The molecule has 1 unspecified atom stereocenters. The number of carboxylic acids is 1. The molecular weight excluding hydrogens is 348 g/mol. The summed E-state index contributed by atoms with van der Waals surface area (Å²) in [6.07, 6.45) is 0. The first-order chi connectivity index (χ1) is 10.6. The number of halogens is 1. The number of rotatable bonds is 6. The zero-order valence-corrected chi connectivity index (χ0v) is 14.5. The minimum Gasteiger partial charge on any atom is -0.494 e. The Balaban J connectivity index is 3.62. The Morgan fingerprint density at radius 1 is 1.39 bits per heavy atom. The van der Waals surface area contributed by atoms with Gasteiger partial charge >= 0.3 is 5.97 Å². The van der Waals surface area contributed by atoms with Gasteiger partial charge in [0.15, 0.2) is 5.75 Å². The minimum atomic E-state index is -4.25. The summed E-state index contributed by atoms with van der Waals surface area (Å²) in [5.41, 5.74) is -0.0718. The topological polar surface area (TPSA) is 113 Å². The molecule has 1 aromatic rings. The molecule has 0 heterocycles. The Morgan fingerprint density at radius 2 is 1.96 bits per heavy atom. The number of sulfonamides is 1. The van der Waals surface area contributed by atoms with Crippen molar-refractivity contribution in [2.75, 3.05) is 21.2 Å². The maximum atomic E-state index is 12.7. The summed E-state index contributed by atoms with van der Waals surface area (Å²) in [4.78, 5) is 22.5. The molecule has 0 fully saturated rings. The van der Waals surface area contributed by atoms with Gasteiger partial charge in [-0.15, -0.1) is 0 Å². The van der Waals surface area contributed by atoms with Gasteiger partial charge in [-0.05, 0) is 19.1 Å². The first-order valence-electron chi connectivity index (χ1n) is 6.38. The molecule has 1 amide bonds. The van der Waals surface area contributed by atoms with Crippen LogP contribution in [0.15, 0.2) is 17.0 Å². The molecule has 0 spiro atoms. The van der Waals surface area contributed by atoms with Crippen LogP contribution in [0.4, 0.5) is 0 Å². The molecule has 0 aliphatic heterocycles. The van der Waals surface area contributed by atoms with Gasteiger partial charge in [-0.1, -0.05) is 11.6 Å². The monoisotopic (exact) mass is 364 g/mol. The molecule has 0 aromatic heterocycles. The molecule has 128 valence electrons. The van der Waals surface area contributed by atoms with Crippen molar-refractivity contribution in [3.05, 3.63) is 22.7 Å². The van der Waals surface area contributed by atoms with E-state index in [1.54, 1.807) is 0 Å². The van der Waals surface area contributed by atoms with Gasteiger partial charge in [0.2, 0.25) is 10.0 Å². The Hall–Kier alpha value is -1.84. The van der Waals surface area contributed by atoms with Crippen molar-refractivity contribution in [1.29, 1.82) is 0 Å². The molecule has 1 aromatic carbocycles. The van der Waals surface area contributed by atoms with Gasteiger partial charge in [0.05, 0.1) is 12.7 Å². The fraction of sp³-hybridized carbons (Fsp3) is 0.385. The number of aliphatic carboxylic acids is 1. The highest BCUT2D eigenvalue weighted by molar-refractivity contribution is 7.89. The third kappa shape index (κ3) is 3.74. The van der Waals surface area contributed by atoms with E-state index < -0.39 is 27.9 Å². The maximum absolute atomic E-state index is 12.7. The number of carbonyl (C=O) groups is 2. The Morgan fingerprint density at radius 3 is 2.39 bits per heavy atom. The van der Waals surface area contributed by atoms with E-state index in [4.69, 9.17) is 21.4 Å². The zero-order valence-electron chi connectivity index (χ0n) is 13.0. The van der Waals surface area contributed by atoms with Crippen LogP contribution in [0.2, 0.25) is 5.02 Å². The molecule has 0 aliphatic rings. The standard InChI is InChI=1S/C13H17ClN2O6S/c1-7(13(18)19)16(3)23(20,21)10-6-8(14)5-9(11(10)22-4)12(17)15-2/h5-7H,1-4H3,(H,15,17)(H,18,19). The van der Waals surface area contributed by atoms with Gasteiger partial charge < -0.3 is 15.2 Å². The fourth-order valence-electron chi connectivity index (χ4n) is 1.79. The van der Waals surface area contributed by atoms with E-state index in [1.807, 2.05) is 0 Å². The number of ether oxygens (including phenoxy) is 1. The number of nitrogens with one attached hydrogen (secondary N) is 1. The zero-order chi connectivity index (χ0) is 17.9. The largest absolute Gasteiger partial charge is 0.494 e. The van der Waals surface area contributed by atoms with Crippen LogP contribution in [0.3, 0.4) is 0 Å². The van der Waals surface area contributed by atoms with Gasteiger partial charge in [0.1, 0.15) is 10.9 Å². The summed E-state index contributed by atoms with van der Waals surface area (Å²) in [6, 6.07) is 1.05. The number of carboxylic acid groups (broad SMARTS) is 1. The summed E-state index contributed by atoms with van der Waals surface area (Å²) in [5.74, 6) is -2.11. The van der Waals surface area contributed by atoms with Crippen LogP contribution in [0.25, 0.3) is 0 Å². The molecular formula is C13H17ClN2O6S. The number of hydrogen-bond acceptors (Lipinski definition) is 5. The van der Waals surface area contributed by atoms with Crippen molar-refractivity contribution in [2.45, 2.75) is 17.9 Å².